The smallest absolute Gasteiger partial charge is 1.00 e. The molecule has 0 N–H and O–H groups in total. The first-order valence-corrected chi connectivity index (χ1v) is 14.7. The second-order valence-corrected chi connectivity index (χ2v) is 13.6. The van der Waals surface area contributed by atoms with E-state index in [0.717, 1.165) is 0 Å². The van der Waals surface area contributed by atoms with Crippen LogP contribution in [-0.2, 0) is 16.2 Å². The summed E-state index contributed by atoms with van der Waals surface area (Å²) in [6.07, 6.45) is 8.49. The maximum absolute atomic E-state index is 3.00. The Morgan fingerprint density at radius 1 is 0.512 bits per heavy atom. The van der Waals surface area contributed by atoms with Crippen LogP contribution in [0.15, 0.2) is 108 Å². The first-order chi connectivity index (χ1) is 18.3. The molecule has 0 nitrogen and oxygen atoms in total. The minimum atomic E-state index is 0. The zero-order valence-corrected chi connectivity index (χ0v) is 30.4. The summed E-state index contributed by atoms with van der Waals surface area (Å²) in [4.78, 5) is 0. The van der Waals surface area contributed by atoms with Gasteiger partial charge in [0.1, 0.15) is 0 Å². The molecule has 1 heterocycles. The third-order valence-corrected chi connectivity index (χ3v) is 6.88. The number of hydrogen-bond acceptors (Lipinski definition) is 1. The van der Waals surface area contributed by atoms with Crippen LogP contribution in [0.4, 0.5) is 0 Å². The predicted octanol–water partition coefficient (Wildman–Crippen LogP) is 8.16. The maximum atomic E-state index is 3.00. The number of allylic oxidation sites excluding steroid dienone is 2. The molecule has 41 heavy (non-hydrogen) atoms. The molecule has 0 radical (unpaired) electrons. The van der Waals surface area contributed by atoms with Crippen molar-refractivity contribution in [3.05, 3.63) is 142 Å². The molecule has 0 bridgehead atoms. The molecule has 1 aromatic heterocycles. The van der Waals surface area contributed by atoms with Crippen molar-refractivity contribution in [1.82, 2.24) is 0 Å². The zero-order valence-electron chi connectivity index (χ0n) is 26.5. The SMILES string of the molecule is CC(C)(C)c1cc[c-]cc1.CC(C)(C)c1ccc(/C=C/C=C/c2ccc(C(C)(C)C)cc2)cc1.[Br-].[Mg+2].c1ccsc1. The second-order valence-electron chi connectivity index (χ2n) is 12.8. The molecule has 0 saturated carbocycles. The van der Waals surface area contributed by atoms with Crippen molar-refractivity contribution in [1.29, 1.82) is 0 Å². The summed E-state index contributed by atoms with van der Waals surface area (Å²) in [6.45, 7) is 20.1. The van der Waals surface area contributed by atoms with E-state index >= 15 is 0 Å². The van der Waals surface area contributed by atoms with Gasteiger partial charge in [0.2, 0.25) is 0 Å². The second kappa shape index (κ2) is 18.6. The molecule has 0 atom stereocenters. The van der Waals surface area contributed by atoms with Gasteiger partial charge in [0.25, 0.3) is 0 Å². The molecule has 214 valence electrons. The van der Waals surface area contributed by atoms with Gasteiger partial charge in [0.05, 0.1) is 0 Å². The summed E-state index contributed by atoms with van der Waals surface area (Å²) in [5, 5.41) is 4.08. The maximum Gasteiger partial charge on any atom is 2.00 e. The van der Waals surface area contributed by atoms with E-state index in [0.29, 0.717) is 0 Å². The van der Waals surface area contributed by atoms with Crippen LogP contribution in [0.25, 0.3) is 12.2 Å². The monoisotopic (exact) mass is 638 g/mol. The van der Waals surface area contributed by atoms with E-state index in [1.807, 2.05) is 35.0 Å². The number of halogens is 1. The normalized spacial score (nSPS) is 11.4. The van der Waals surface area contributed by atoms with Gasteiger partial charge >= 0.3 is 23.1 Å². The largest absolute Gasteiger partial charge is 2.00 e. The third kappa shape index (κ3) is 15.8. The third-order valence-electron chi connectivity index (χ3n) is 6.25. The molecular weight excluding hydrogens is 593 g/mol. The minimum absolute atomic E-state index is 0. The van der Waals surface area contributed by atoms with Gasteiger partial charge in [-0.25, -0.2) is 0 Å². The minimum Gasteiger partial charge on any atom is -1.00 e. The molecule has 0 aliphatic heterocycles. The number of hydrogen-bond donors (Lipinski definition) is 0. The van der Waals surface area contributed by atoms with Crippen molar-refractivity contribution in [3.63, 3.8) is 0 Å². The van der Waals surface area contributed by atoms with Crippen LogP contribution >= 0.6 is 11.3 Å². The molecule has 4 aromatic rings. The molecule has 0 spiro atoms. The molecule has 4 rings (SSSR count). The quantitative estimate of drug-likeness (QED) is 0.121. The molecular formula is C38H47BrMgS. The molecule has 3 heteroatoms. The summed E-state index contributed by atoms with van der Waals surface area (Å²) in [7, 11) is 0. The van der Waals surface area contributed by atoms with Gasteiger partial charge in [-0.2, -0.15) is 47.2 Å². The van der Waals surface area contributed by atoms with Crippen LogP contribution in [-0.4, -0.2) is 23.1 Å². The van der Waals surface area contributed by atoms with Gasteiger partial charge in [-0.3, -0.25) is 0 Å². The molecule has 0 amide bonds. The molecule has 0 saturated heterocycles. The van der Waals surface area contributed by atoms with Gasteiger partial charge in [0.15, 0.2) is 0 Å². The van der Waals surface area contributed by atoms with Gasteiger partial charge < -0.3 is 17.0 Å². The summed E-state index contributed by atoms with van der Waals surface area (Å²) < 4.78 is 0. The summed E-state index contributed by atoms with van der Waals surface area (Å²) in [5.41, 5.74) is 7.26. The fourth-order valence-electron chi connectivity index (χ4n) is 3.64. The van der Waals surface area contributed by atoms with Gasteiger partial charge in [-0.15, -0.1) is 0 Å². The van der Waals surface area contributed by atoms with Crippen molar-refractivity contribution in [2.45, 2.75) is 78.6 Å². The van der Waals surface area contributed by atoms with E-state index in [9.17, 15) is 0 Å². The van der Waals surface area contributed by atoms with Gasteiger partial charge in [0, 0.05) is 0 Å². The zero-order chi connectivity index (χ0) is 28.9. The van der Waals surface area contributed by atoms with E-state index in [1.54, 1.807) is 11.3 Å². The predicted molar refractivity (Wildman–Crippen MR) is 182 cm³/mol. The van der Waals surface area contributed by atoms with Crippen LogP contribution in [0.1, 0.15) is 90.1 Å². The molecule has 0 unspecified atom stereocenters. The van der Waals surface area contributed by atoms with Gasteiger partial charge in [-0.05, 0) is 49.3 Å². The van der Waals surface area contributed by atoms with Crippen molar-refractivity contribution in [2.75, 3.05) is 0 Å². The van der Waals surface area contributed by atoms with E-state index in [-0.39, 0.29) is 56.3 Å². The Hall–Kier alpha value is -1.91. The Balaban J connectivity index is 0.000000773. The van der Waals surface area contributed by atoms with Gasteiger partial charge in [-0.1, -0.05) is 147 Å². The molecule has 0 fully saturated rings. The van der Waals surface area contributed by atoms with E-state index in [1.165, 1.54) is 27.8 Å². The molecule has 3 aromatic carbocycles. The summed E-state index contributed by atoms with van der Waals surface area (Å²) in [6, 6.07) is 32.8. The first kappa shape index (κ1) is 39.1. The average molecular weight is 640 g/mol. The van der Waals surface area contributed by atoms with Crippen LogP contribution in [0.3, 0.4) is 0 Å². The molecule has 0 aliphatic carbocycles. The number of thiophene rings is 1. The molecule has 0 aliphatic rings. The van der Waals surface area contributed by atoms with E-state index < -0.39 is 0 Å². The Kier molecular flexibility index (Phi) is 17.7. The standard InChI is InChI=1S/C24H30.C10H13.C4H4S.BrH.Mg/c1-23(2,3)21-15-11-19(12-16-21)9-7-8-10-20-13-17-22(18-14-20)24(4,5)6;1-10(2,3)9-7-5-4-6-8-9;1-2-4-5-3-1;;/h7-18H,1-6H3;5-8H,1-3H3;1-4H;1H;/q;-1;;;+2/p-1/b9-7+,10-8+;;;;. The van der Waals surface area contributed by atoms with Crippen LogP contribution < -0.4 is 17.0 Å². The van der Waals surface area contributed by atoms with Crippen molar-refractivity contribution < 1.29 is 17.0 Å². The Morgan fingerprint density at radius 2 is 0.829 bits per heavy atom. The van der Waals surface area contributed by atoms with Crippen molar-refractivity contribution >= 4 is 46.5 Å². The summed E-state index contributed by atoms with van der Waals surface area (Å²) >= 11 is 1.71. The fraction of sp³-hybridized carbons (Fsp3) is 0.316. The fourth-order valence-corrected chi connectivity index (χ4v) is 4.09. The van der Waals surface area contributed by atoms with Crippen molar-refractivity contribution in [2.24, 2.45) is 0 Å². The number of rotatable bonds is 3. The van der Waals surface area contributed by atoms with E-state index in [2.05, 4.69) is 153 Å². The van der Waals surface area contributed by atoms with Crippen LogP contribution in [0.5, 0.6) is 0 Å². The first-order valence-electron chi connectivity index (χ1n) is 13.8. The van der Waals surface area contributed by atoms with Crippen molar-refractivity contribution in [3.8, 4) is 0 Å². The van der Waals surface area contributed by atoms with Crippen LogP contribution in [0, 0.1) is 6.07 Å². The average Bonchev–Trinajstić information content (AvgIpc) is 3.47. The summed E-state index contributed by atoms with van der Waals surface area (Å²) in [5.74, 6) is 0. The Bertz CT molecular complexity index is 1170. The Labute approximate surface area is 281 Å². The van der Waals surface area contributed by atoms with Crippen LogP contribution in [0.2, 0.25) is 0 Å². The Morgan fingerprint density at radius 3 is 1.07 bits per heavy atom. The number of benzene rings is 3. The van der Waals surface area contributed by atoms with E-state index in [4.69, 9.17) is 0 Å². The topological polar surface area (TPSA) is 0 Å².